The van der Waals surface area contributed by atoms with Gasteiger partial charge in [-0.05, 0) is 38.7 Å². The number of amides is 1. The maximum atomic E-state index is 11.7. The Morgan fingerprint density at radius 1 is 1.30 bits per heavy atom. The number of aromatic nitrogens is 1. The molecule has 2 aromatic rings. The van der Waals surface area contributed by atoms with Gasteiger partial charge in [-0.2, -0.15) is 0 Å². The van der Waals surface area contributed by atoms with Gasteiger partial charge in [0, 0.05) is 43.3 Å². The highest BCUT2D eigenvalue weighted by Crippen LogP contribution is 2.24. The predicted molar refractivity (Wildman–Crippen MR) is 80.0 cm³/mol. The van der Waals surface area contributed by atoms with Crippen LogP contribution in [0.2, 0.25) is 0 Å². The third-order valence-electron chi connectivity index (χ3n) is 3.22. The fraction of sp³-hybridized carbons (Fsp3) is 0.400. The summed E-state index contributed by atoms with van der Waals surface area (Å²) in [6.45, 7) is 3.40. The summed E-state index contributed by atoms with van der Waals surface area (Å²) in [6, 6.07) is 5.67. The molecule has 0 saturated carbocycles. The van der Waals surface area contributed by atoms with Crippen molar-refractivity contribution < 1.29 is 9.53 Å². The van der Waals surface area contributed by atoms with E-state index in [1.165, 1.54) is 10.5 Å². The molecular formula is C15H21N3O2. The van der Waals surface area contributed by atoms with E-state index in [1.54, 1.807) is 7.05 Å². The number of benzene rings is 1. The zero-order chi connectivity index (χ0) is 14.7. The van der Waals surface area contributed by atoms with Crippen LogP contribution in [0.3, 0.4) is 0 Å². The first-order valence-electron chi connectivity index (χ1n) is 6.69. The lowest BCUT2D eigenvalue weighted by atomic mass is 10.1. The number of nitrogens with zero attached hydrogens (tertiary/aromatic N) is 2. The van der Waals surface area contributed by atoms with Gasteiger partial charge >= 0.3 is 6.09 Å². The maximum absolute atomic E-state index is 11.7. The van der Waals surface area contributed by atoms with Gasteiger partial charge < -0.3 is 19.5 Å². The van der Waals surface area contributed by atoms with E-state index in [9.17, 15) is 4.79 Å². The first kappa shape index (κ1) is 14.4. The first-order valence-corrected chi connectivity index (χ1v) is 6.69. The summed E-state index contributed by atoms with van der Waals surface area (Å²) in [4.78, 5) is 18.6. The number of fused-ring (bicyclic) bond motifs is 1. The van der Waals surface area contributed by atoms with Crippen molar-refractivity contribution in [2.45, 2.75) is 13.5 Å². The summed E-state index contributed by atoms with van der Waals surface area (Å²) in [7, 11) is 5.79. The van der Waals surface area contributed by atoms with Gasteiger partial charge in [0.25, 0.3) is 0 Å². The monoisotopic (exact) mass is 275 g/mol. The minimum Gasteiger partial charge on any atom is -0.410 e. The molecule has 5 nitrogen and oxygen atoms in total. The second-order valence-electron chi connectivity index (χ2n) is 5.14. The molecule has 20 heavy (non-hydrogen) atoms. The number of carbonyl (C=O) groups excluding carboxylic acids is 1. The van der Waals surface area contributed by atoms with Crippen molar-refractivity contribution in [2.75, 3.05) is 27.7 Å². The van der Waals surface area contributed by atoms with Gasteiger partial charge in [0.05, 0.1) is 0 Å². The Morgan fingerprint density at radius 3 is 2.70 bits per heavy atom. The maximum Gasteiger partial charge on any atom is 0.414 e. The Hall–Kier alpha value is -2.01. The van der Waals surface area contributed by atoms with E-state index in [-0.39, 0.29) is 6.09 Å². The Kier molecular flexibility index (Phi) is 4.29. The van der Waals surface area contributed by atoms with E-state index in [2.05, 4.69) is 9.88 Å². The van der Waals surface area contributed by atoms with Crippen LogP contribution in [0.15, 0.2) is 24.4 Å². The molecule has 5 heteroatoms. The molecule has 0 aliphatic heterocycles. The Labute approximate surface area is 119 Å². The lowest BCUT2D eigenvalue weighted by molar-refractivity contribution is 0.165. The average Bonchev–Trinajstić information content (AvgIpc) is 2.79. The molecule has 0 aliphatic carbocycles. The van der Waals surface area contributed by atoms with Gasteiger partial charge in [-0.1, -0.05) is 0 Å². The molecule has 1 aromatic carbocycles. The number of carbonyl (C=O) groups is 1. The van der Waals surface area contributed by atoms with Crippen molar-refractivity contribution in [1.29, 1.82) is 0 Å². The van der Waals surface area contributed by atoms with Crippen LogP contribution < -0.4 is 4.74 Å². The molecule has 1 aromatic heterocycles. The molecule has 1 amide bonds. The van der Waals surface area contributed by atoms with Crippen molar-refractivity contribution in [3.63, 3.8) is 0 Å². The van der Waals surface area contributed by atoms with Crippen LogP contribution in [0, 0.1) is 0 Å². The zero-order valence-corrected chi connectivity index (χ0v) is 12.4. The standard InChI is InChI=1S/C15H21N3O2/c1-5-18(4)15(19)20-12-6-7-13-11(10-17(2)3)9-16-14(13)8-12/h6-9,16H,5,10H2,1-4H3. The third-order valence-corrected chi connectivity index (χ3v) is 3.22. The number of H-pyrrole nitrogens is 1. The first-order chi connectivity index (χ1) is 9.51. The Bertz CT molecular complexity index is 604. The fourth-order valence-corrected chi connectivity index (χ4v) is 2.01. The van der Waals surface area contributed by atoms with Gasteiger partial charge in [0.1, 0.15) is 5.75 Å². The molecule has 0 spiro atoms. The van der Waals surface area contributed by atoms with Gasteiger partial charge in [0.2, 0.25) is 0 Å². The second kappa shape index (κ2) is 5.96. The zero-order valence-electron chi connectivity index (χ0n) is 12.4. The molecule has 0 saturated heterocycles. The molecule has 108 valence electrons. The molecule has 0 radical (unpaired) electrons. The SMILES string of the molecule is CCN(C)C(=O)Oc1ccc2c(CN(C)C)c[nH]c2c1. The van der Waals surface area contributed by atoms with Crippen LogP contribution in [0.4, 0.5) is 4.79 Å². The molecule has 0 unspecified atom stereocenters. The van der Waals surface area contributed by atoms with E-state index >= 15 is 0 Å². The van der Waals surface area contributed by atoms with E-state index < -0.39 is 0 Å². The van der Waals surface area contributed by atoms with Gasteiger partial charge in [0.15, 0.2) is 0 Å². The topological polar surface area (TPSA) is 48.6 Å². The lowest BCUT2D eigenvalue weighted by Crippen LogP contribution is -2.29. The smallest absolute Gasteiger partial charge is 0.410 e. The number of ether oxygens (including phenoxy) is 1. The van der Waals surface area contributed by atoms with Crippen LogP contribution in [0.25, 0.3) is 10.9 Å². The number of hydrogen-bond donors (Lipinski definition) is 1. The van der Waals surface area contributed by atoms with Crippen LogP contribution in [0.1, 0.15) is 12.5 Å². The van der Waals surface area contributed by atoms with Crippen molar-refractivity contribution in [3.05, 3.63) is 30.0 Å². The van der Waals surface area contributed by atoms with Crippen molar-refractivity contribution in [2.24, 2.45) is 0 Å². The van der Waals surface area contributed by atoms with E-state index in [1.807, 2.05) is 45.4 Å². The Morgan fingerprint density at radius 2 is 2.05 bits per heavy atom. The van der Waals surface area contributed by atoms with E-state index in [0.717, 1.165) is 17.4 Å². The summed E-state index contributed by atoms with van der Waals surface area (Å²) in [5, 5.41) is 1.15. The van der Waals surface area contributed by atoms with Crippen molar-refractivity contribution in [3.8, 4) is 5.75 Å². The van der Waals surface area contributed by atoms with Crippen molar-refractivity contribution >= 4 is 17.0 Å². The molecule has 1 heterocycles. The number of hydrogen-bond acceptors (Lipinski definition) is 3. The summed E-state index contributed by atoms with van der Waals surface area (Å²) in [5.41, 5.74) is 2.21. The third kappa shape index (κ3) is 3.11. The van der Waals surface area contributed by atoms with Crippen LogP contribution >= 0.6 is 0 Å². The highest BCUT2D eigenvalue weighted by molar-refractivity contribution is 5.85. The summed E-state index contributed by atoms with van der Waals surface area (Å²) in [6.07, 6.45) is 1.65. The second-order valence-corrected chi connectivity index (χ2v) is 5.14. The molecular weight excluding hydrogens is 254 g/mol. The van der Waals surface area contributed by atoms with E-state index in [0.29, 0.717) is 12.3 Å². The molecule has 0 atom stereocenters. The lowest BCUT2D eigenvalue weighted by Gasteiger charge is -2.14. The van der Waals surface area contributed by atoms with Gasteiger partial charge in [-0.25, -0.2) is 4.79 Å². The minimum atomic E-state index is -0.341. The molecule has 1 N–H and O–H groups in total. The molecule has 0 fully saturated rings. The van der Waals surface area contributed by atoms with Gasteiger partial charge in [-0.15, -0.1) is 0 Å². The summed E-state index contributed by atoms with van der Waals surface area (Å²) >= 11 is 0. The summed E-state index contributed by atoms with van der Waals surface area (Å²) in [5.74, 6) is 0.557. The highest BCUT2D eigenvalue weighted by atomic mass is 16.6. The van der Waals surface area contributed by atoms with Crippen LogP contribution in [0.5, 0.6) is 5.75 Å². The normalized spacial score (nSPS) is 11.1. The predicted octanol–water partition coefficient (Wildman–Crippen LogP) is 2.68. The largest absolute Gasteiger partial charge is 0.414 e. The van der Waals surface area contributed by atoms with Crippen molar-refractivity contribution in [1.82, 2.24) is 14.8 Å². The average molecular weight is 275 g/mol. The Balaban J connectivity index is 2.20. The number of aromatic amines is 1. The van der Waals surface area contributed by atoms with E-state index in [4.69, 9.17) is 4.74 Å². The van der Waals surface area contributed by atoms with Crippen LogP contribution in [-0.2, 0) is 6.54 Å². The molecule has 2 rings (SSSR count). The minimum absolute atomic E-state index is 0.341. The fourth-order valence-electron chi connectivity index (χ4n) is 2.01. The van der Waals surface area contributed by atoms with Crippen LogP contribution in [-0.4, -0.2) is 48.6 Å². The quantitative estimate of drug-likeness (QED) is 0.933. The molecule has 0 bridgehead atoms. The number of nitrogens with one attached hydrogen (secondary N) is 1. The summed E-state index contributed by atoms with van der Waals surface area (Å²) < 4.78 is 5.32. The van der Waals surface area contributed by atoms with Gasteiger partial charge in [-0.3, -0.25) is 0 Å². The highest BCUT2D eigenvalue weighted by Gasteiger charge is 2.11. The molecule has 0 aliphatic rings. The number of rotatable bonds is 4.